The zero-order valence-corrected chi connectivity index (χ0v) is 14.9. The van der Waals surface area contributed by atoms with Crippen molar-refractivity contribution >= 4 is 28.6 Å². The van der Waals surface area contributed by atoms with E-state index in [1.165, 1.54) is 6.20 Å². The summed E-state index contributed by atoms with van der Waals surface area (Å²) in [5.41, 5.74) is 2.39. The van der Waals surface area contributed by atoms with Gasteiger partial charge in [0.2, 0.25) is 0 Å². The minimum absolute atomic E-state index is 0.0418. The smallest absolute Gasteiger partial charge is 0.183 e. The number of halogens is 2. The molecule has 3 heterocycles. The molecule has 0 amide bonds. The second-order valence-corrected chi connectivity index (χ2v) is 6.33. The van der Waals surface area contributed by atoms with Crippen LogP contribution in [0.25, 0.3) is 22.6 Å². The average Bonchev–Trinajstić information content (AvgIpc) is 3.06. The van der Waals surface area contributed by atoms with Crippen molar-refractivity contribution < 1.29 is 9.50 Å². The van der Waals surface area contributed by atoms with E-state index in [1.807, 2.05) is 13.0 Å². The molecule has 3 N–H and O–H groups in total. The lowest BCUT2D eigenvalue weighted by molar-refractivity contribution is 0.474. The summed E-state index contributed by atoms with van der Waals surface area (Å²) in [7, 11) is 0. The second kappa shape index (κ2) is 6.81. The lowest BCUT2D eigenvalue weighted by atomic mass is 10.1. The average molecular weight is 385 g/mol. The van der Waals surface area contributed by atoms with Gasteiger partial charge in [-0.25, -0.2) is 24.3 Å². The van der Waals surface area contributed by atoms with Crippen molar-refractivity contribution in [3.05, 3.63) is 59.4 Å². The zero-order valence-electron chi connectivity index (χ0n) is 14.1. The summed E-state index contributed by atoms with van der Waals surface area (Å²) in [5, 5.41) is 12.9. The first-order valence-corrected chi connectivity index (χ1v) is 8.47. The molecule has 9 heteroatoms. The van der Waals surface area contributed by atoms with E-state index in [0.29, 0.717) is 16.7 Å². The molecule has 27 heavy (non-hydrogen) atoms. The van der Waals surface area contributed by atoms with E-state index in [0.717, 1.165) is 11.8 Å². The largest absolute Gasteiger partial charge is 0.508 e. The van der Waals surface area contributed by atoms with Crippen LogP contribution < -0.4 is 5.32 Å². The third-order valence-corrected chi connectivity index (χ3v) is 4.24. The quantitative estimate of drug-likeness (QED) is 0.490. The number of phenols is 1. The zero-order chi connectivity index (χ0) is 19.0. The molecule has 0 saturated heterocycles. The highest BCUT2D eigenvalue weighted by Gasteiger charge is 2.16. The van der Waals surface area contributed by atoms with E-state index < -0.39 is 5.82 Å². The molecular formula is C18H14ClFN6O. The molecule has 0 fully saturated rings. The molecule has 136 valence electrons. The maximum absolute atomic E-state index is 14.3. The lowest BCUT2D eigenvalue weighted by Crippen LogP contribution is -2.10. The Hall–Kier alpha value is -3.26. The normalized spacial score (nSPS) is 12.3. The van der Waals surface area contributed by atoms with Gasteiger partial charge in [0, 0.05) is 6.20 Å². The van der Waals surface area contributed by atoms with Gasteiger partial charge in [0.05, 0.1) is 24.0 Å². The molecule has 0 saturated carbocycles. The summed E-state index contributed by atoms with van der Waals surface area (Å²) in [4.78, 5) is 19.7. The number of aromatic amines is 1. The van der Waals surface area contributed by atoms with E-state index in [-0.39, 0.29) is 28.6 Å². The number of phenolic OH excluding ortho intramolecular Hbond substituents is 1. The topological polar surface area (TPSA) is 99.6 Å². The van der Waals surface area contributed by atoms with Crippen LogP contribution in [0, 0.1) is 5.82 Å². The molecule has 0 aliphatic heterocycles. The molecule has 0 spiro atoms. The Morgan fingerprint density at radius 1 is 1.22 bits per heavy atom. The van der Waals surface area contributed by atoms with Crippen molar-refractivity contribution in [1.82, 2.24) is 24.9 Å². The SMILES string of the molecule is C[C@H](Nc1nc(-c2c[nH]c3ncc(Cl)nc23)ncc1F)c1cccc(O)c1. The van der Waals surface area contributed by atoms with Crippen molar-refractivity contribution in [3.8, 4) is 17.1 Å². The molecule has 4 rings (SSSR count). The Morgan fingerprint density at radius 2 is 2.07 bits per heavy atom. The number of anilines is 1. The predicted molar refractivity (Wildman–Crippen MR) is 100 cm³/mol. The maximum atomic E-state index is 14.3. The number of benzene rings is 1. The molecule has 4 aromatic rings. The van der Waals surface area contributed by atoms with Crippen LogP contribution in [0.5, 0.6) is 5.75 Å². The number of H-pyrrole nitrogens is 1. The number of aromatic nitrogens is 5. The van der Waals surface area contributed by atoms with Gasteiger partial charge in [-0.2, -0.15) is 0 Å². The summed E-state index contributed by atoms with van der Waals surface area (Å²) < 4.78 is 14.3. The second-order valence-electron chi connectivity index (χ2n) is 5.94. The van der Waals surface area contributed by atoms with Crippen molar-refractivity contribution in [2.45, 2.75) is 13.0 Å². The lowest BCUT2D eigenvalue weighted by Gasteiger charge is -2.16. The summed E-state index contributed by atoms with van der Waals surface area (Å²) in [5.74, 6) is -0.126. The highest BCUT2D eigenvalue weighted by molar-refractivity contribution is 6.29. The van der Waals surface area contributed by atoms with Gasteiger partial charge < -0.3 is 15.4 Å². The number of hydrogen-bond acceptors (Lipinski definition) is 6. The fourth-order valence-electron chi connectivity index (χ4n) is 2.72. The third kappa shape index (κ3) is 3.39. The molecule has 0 radical (unpaired) electrons. The molecule has 7 nitrogen and oxygen atoms in total. The Balaban J connectivity index is 1.70. The molecule has 0 aliphatic rings. The third-order valence-electron chi connectivity index (χ3n) is 4.06. The van der Waals surface area contributed by atoms with E-state index in [2.05, 4.69) is 30.2 Å². The van der Waals surface area contributed by atoms with Gasteiger partial charge in [-0.15, -0.1) is 0 Å². The Labute approximate surface area is 158 Å². The Kier molecular flexibility index (Phi) is 4.33. The molecule has 1 atom stereocenters. The van der Waals surface area contributed by atoms with Crippen LogP contribution in [0.15, 0.2) is 42.9 Å². The molecule has 0 aliphatic carbocycles. The van der Waals surface area contributed by atoms with Crippen LogP contribution in [-0.2, 0) is 0 Å². The first kappa shape index (κ1) is 17.2. The number of rotatable bonds is 4. The summed E-state index contributed by atoms with van der Waals surface area (Å²) in [6.07, 6.45) is 4.17. The number of hydrogen-bond donors (Lipinski definition) is 3. The molecule has 3 aromatic heterocycles. The van der Waals surface area contributed by atoms with Crippen LogP contribution in [0.3, 0.4) is 0 Å². The van der Waals surface area contributed by atoms with Crippen LogP contribution >= 0.6 is 11.6 Å². The van der Waals surface area contributed by atoms with Gasteiger partial charge in [0.1, 0.15) is 16.4 Å². The van der Waals surface area contributed by atoms with Gasteiger partial charge in [-0.05, 0) is 24.6 Å². The van der Waals surface area contributed by atoms with Crippen molar-refractivity contribution in [1.29, 1.82) is 0 Å². The van der Waals surface area contributed by atoms with Crippen LogP contribution in [0.4, 0.5) is 10.2 Å². The van der Waals surface area contributed by atoms with Crippen LogP contribution in [-0.4, -0.2) is 30.0 Å². The minimum atomic E-state index is -0.588. The highest BCUT2D eigenvalue weighted by Crippen LogP contribution is 2.27. The molecule has 1 aromatic carbocycles. The highest BCUT2D eigenvalue weighted by atomic mass is 35.5. The fourth-order valence-corrected chi connectivity index (χ4v) is 2.85. The van der Waals surface area contributed by atoms with E-state index in [4.69, 9.17) is 11.6 Å². The predicted octanol–water partition coefficient (Wildman–Crippen LogP) is 4.09. The molecular weight excluding hydrogens is 371 g/mol. The van der Waals surface area contributed by atoms with E-state index >= 15 is 0 Å². The van der Waals surface area contributed by atoms with Gasteiger partial charge in [-0.1, -0.05) is 23.7 Å². The van der Waals surface area contributed by atoms with Crippen molar-refractivity contribution in [2.24, 2.45) is 0 Å². The summed E-state index contributed by atoms with van der Waals surface area (Å²) >= 11 is 5.92. The summed E-state index contributed by atoms with van der Waals surface area (Å²) in [6.45, 7) is 1.84. The number of aromatic hydroxyl groups is 1. The van der Waals surface area contributed by atoms with Crippen molar-refractivity contribution in [3.63, 3.8) is 0 Å². The van der Waals surface area contributed by atoms with Crippen molar-refractivity contribution in [2.75, 3.05) is 5.32 Å². The number of nitrogens with one attached hydrogen (secondary N) is 2. The first-order valence-electron chi connectivity index (χ1n) is 8.09. The van der Waals surface area contributed by atoms with Crippen LogP contribution in [0.2, 0.25) is 5.15 Å². The first-order chi connectivity index (χ1) is 13.0. The van der Waals surface area contributed by atoms with Gasteiger partial charge in [0.25, 0.3) is 0 Å². The number of fused-ring (bicyclic) bond motifs is 1. The van der Waals surface area contributed by atoms with Gasteiger partial charge in [-0.3, -0.25) is 0 Å². The van der Waals surface area contributed by atoms with Crippen LogP contribution in [0.1, 0.15) is 18.5 Å². The Morgan fingerprint density at radius 3 is 2.89 bits per heavy atom. The maximum Gasteiger partial charge on any atom is 0.183 e. The fraction of sp³-hybridized carbons (Fsp3) is 0.111. The number of nitrogens with zero attached hydrogens (tertiary/aromatic N) is 4. The van der Waals surface area contributed by atoms with Gasteiger partial charge in [0.15, 0.2) is 23.1 Å². The molecule has 0 bridgehead atoms. The minimum Gasteiger partial charge on any atom is -0.508 e. The van der Waals surface area contributed by atoms with Gasteiger partial charge >= 0.3 is 0 Å². The van der Waals surface area contributed by atoms with E-state index in [9.17, 15) is 9.50 Å². The standard InChI is InChI=1S/C18H14ClFN6O/c1-9(10-3-2-4-11(27)5-10)24-17-13(20)7-22-16(26-17)12-6-21-18-15(12)25-14(19)8-23-18/h2-9,27H,1H3,(H,21,23)(H,22,24,26)/t9-/m0/s1. The van der Waals surface area contributed by atoms with E-state index in [1.54, 1.807) is 24.4 Å². The monoisotopic (exact) mass is 384 g/mol. The summed E-state index contributed by atoms with van der Waals surface area (Å²) in [6, 6.07) is 6.44. The Bertz CT molecular complexity index is 1130. The molecule has 0 unspecified atom stereocenters.